The van der Waals surface area contributed by atoms with E-state index >= 15 is 0 Å². The number of nitrogens with one attached hydrogen (secondary N) is 1. The van der Waals surface area contributed by atoms with Gasteiger partial charge in [-0.1, -0.05) is 0 Å². The van der Waals surface area contributed by atoms with E-state index in [4.69, 9.17) is 5.11 Å². The summed E-state index contributed by atoms with van der Waals surface area (Å²) < 4.78 is 36.7. The minimum Gasteiger partial charge on any atom is -0.393 e. The predicted octanol–water partition coefficient (Wildman–Crippen LogP) is 2.04. The summed E-state index contributed by atoms with van der Waals surface area (Å²) in [6.45, 7) is 0. The number of halogens is 3. The lowest BCUT2D eigenvalue weighted by Gasteiger charge is -2.32. The average Bonchev–Trinajstić information content (AvgIpc) is 2.15. The fourth-order valence-electron chi connectivity index (χ4n) is 1.56. The van der Waals surface area contributed by atoms with Crippen LogP contribution in [0.5, 0.6) is 0 Å². The molecule has 0 unspecified atom stereocenters. The minimum atomic E-state index is -4.35. The number of nitrogens with zero attached hydrogens (tertiary/aromatic N) is 1. The van der Waals surface area contributed by atoms with Crippen molar-refractivity contribution in [1.29, 1.82) is 0 Å². The largest absolute Gasteiger partial charge is 0.417 e. The Hall–Kier alpha value is -1.30. The number of pyridine rings is 1. The lowest BCUT2D eigenvalue weighted by atomic mass is 9.89. The number of rotatable bonds is 2. The van der Waals surface area contributed by atoms with E-state index in [1.165, 1.54) is 6.07 Å². The Morgan fingerprint density at radius 1 is 1.31 bits per heavy atom. The number of aromatic nitrogens is 1. The van der Waals surface area contributed by atoms with Crippen LogP contribution >= 0.6 is 0 Å². The van der Waals surface area contributed by atoms with Gasteiger partial charge in [-0.05, 0) is 25.0 Å². The Bertz CT molecular complexity index is 357. The van der Waals surface area contributed by atoms with Gasteiger partial charge in [0.15, 0.2) is 0 Å². The van der Waals surface area contributed by atoms with E-state index in [9.17, 15) is 13.2 Å². The van der Waals surface area contributed by atoms with Gasteiger partial charge in [-0.15, -0.1) is 0 Å². The van der Waals surface area contributed by atoms with Crippen LogP contribution in [0.25, 0.3) is 0 Å². The monoisotopic (exact) mass is 232 g/mol. The molecule has 1 aliphatic rings. The van der Waals surface area contributed by atoms with Crippen molar-refractivity contribution in [3.05, 3.63) is 23.9 Å². The van der Waals surface area contributed by atoms with Gasteiger partial charge in [0.1, 0.15) is 5.82 Å². The predicted molar refractivity (Wildman–Crippen MR) is 51.9 cm³/mol. The van der Waals surface area contributed by atoms with Crippen molar-refractivity contribution in [3.63, 3.8) is 0 Å². The van der Waals surface area contributed by atoms with Crippen molar-refractivity contribution in [3.8, 4) is 0 Å². The molecule has 3 nitrogen and oxygen atoms in total. The number of hydrogen-bond donors (Lipinski definition) is 2. The second-order valence-corrected chi connectivity index (χ2v) is 3.90. The first kappa shape index (κ1) is 11.2. The Morgan fingerprint density at radius 2 is 2.00 bits per heavy atom. The van der Waals surface area contributed by atoms with Gasteiger partial charge in [0.05, 0.1) is 11.7 Å². The molecule has 1 heterocycles. The third kappa shape index (κ3) is 2.44. The van der Waals surface area contributed by atoms with Crippen LogP contribution < -0.4 is 5.32 Å². The molecule has 0 bridgehead atoms. The lowest BCUT2D eigenvalue weighted by molar-refractivity contribution is -0.137. The molecule has 1 fully saturated rings. The standard InChI is InChI=1S/C10H11F3N2O/c11-10(12,13)6-1-2-9(14-5-6)15-7-3-8(16)4-7/h1-2,5,7-8,16H,3-4H2,(H,14,15). The zero-order chi connectivity index (χ0) is 11.8. The summed E-state index contributed by atoms with van der Waals surface area (Å²) in [7, 11) is 0. The third-order valence-corrected chi connectivity index (χ3v) is 2.56. The van der Waals surface area contributed by atoms with Gasteiger partial charge in [-0.25, -0.2) is 4.98 Å². The van der Waals surface area contributed by atoms with E-state index < -0.39 is 11.7 Å². The summed E-state index contributed by atoms with van der Waals surface area (Å²) in [6, 6.07) is 2.40. The van der Waals surface area contributed by atoms with E-state index in [2.05, 4.69) is 10.3 Å². The molecule has 1 saturated carbocycles. The van der Waals surface area contributed by atoms with E-state index in [0.717, 1.165) is 12.3 Å². The van der Waals surface area contributed by atoms with Gasteiger partial charge in [-0.3, -0.25) is 0 Å². The highest BCUT2D eigenvalue weighted by molar-refractivity contribution is 5.37. The average molecular weight is 232 g/mol. The first-order valence-electron chi connectivity index (χ1n) is 4.93. The van der Waals surface area contributed by atoms with Crippen LogP contribution in [-0.4, -0.2) is 22.2 Å². The molecular weight excluding hydrogens is 221 g/mol. The van der Waals surface area contributed by atoms with Crippen LogP contribution in [0.4, 0.5) is 19.0 Å². The second-order valence-electron chi connectivity index (χ2n) is 3.90. The van der Waals surface area contributed by atoms with Crippen molar-refractivity contribution in [2.45, 2.75) is 31.2 Å². The molecule has 0 atom stereocenters. The summed E-state index contributed by atoms with van der Waals surface area (Å²) in [6.07, 6.45) is -2.62. The number of aliphatic hydroxyl groups is 1. The summed E-state index contributed by atoms with van der Waals surface area (Å²) in [5, 5.41) is 12.0. The molecule has 0 saturated heterocycles. The van der Waals surface area contributed by atoms with Gasteiger partial charge >= 0.3 is 6.18 Å². The lowest BCUT2D eigenvalue weighted by Crippen LogP contribution is -2.39. The van der Waals surface area contributed by atoms with E-state index in [0.29, 0.717) is 18.7 Å². The maximum atomic E-state index is 12.2. The molecule has 0 aromatic carbocycles. The molecule has 1 aliphatic carbocycles. The first-order chi connectivity index (χ1) is 7.45. The molecule has 1 aromatic rings. The zero-order valence-corrected chi connectivity index (χ0v) is 8.33. The molecule has 2 N–H and O–H groups in total. The fourth-order valence-corrected chi connectivity index (χ4v) is 1.56. The van der Waals surface area contributed by atoms with Crippen LogP contribution in [0.15, 0.2) is 18.3 Å². The maximum Gasteiger partial charge on any atom is 0.417 e. The molecule has 88 valence electrons. The fraction of sp³-hybridized carbons (Fsp3) is 0.500. The SMILES string of the molecule is OC1CC(Nc2ccc(C(F)(F)F)cn2)C1. The van der Waals surface area contributed by atoms with Gasteiger partial charge in [-0.2, -0.15) is 13.2 Å². The molecule has 6 heteroatoms. The normalized spacial score (nSPS) is 25.0. The molecule has 0 aliphatic heterocycles. The second kappa shape index (κ2) is 3.93. The van der Waals surface area contributed by atoms with Crippen molar-refractivity contribution in [2.24, 2.45) is 0 Å². The Balaban J connectivity index is 1.97. The van der Waals surface area contributed by atoms with Gasteiger partial charge < -0.3 is 10.4 Å². The van der Waals surface area contributed by atoms with Crippen molar-refractivity contribution < 1.29 is 18.3 Å². The molecular formula is C10H11F3N2O. The molecule has 0 amide bonds. The number of hydrogen-bond acceptors (Lipinski definition) is 3. The topological polar surface area (TPSA) is 45.1 Å². The van der Waals surface area contributed by atoms with Gasteiger partial charge in [0.2, 0.25) is 0 Å². The highest BCUT2D eigenvalue weighted by atomic mass is 19.4. The Kier molecular flexibility index (Phi) is 2.75. The van der Waals surface area contributed by atoms with Crippen LogP contribution in [0.1, 0.15) is 18.4 Å². The van der Waals surface area contributed by atoms with Crippen LogP contribution in [0.3, 0.4) is 0 Å². The number of aliphatic hydroxyl groups excluding tert-OH is 1. The van der Waals surface area contributed by atoms with E-state index in [1.54, 1.807) is 0 Å². The molecule has 0 spiro atoms. The quantitative estimate of drug-likeness (QED) is 0.820. The molecule has 0 radical (unpaired) electrons. The van der Waals surface area contributed by atoms with Gasteiger partial charge in [0, 0.05) is 12.2 Å². The van der Waals surface area contributed by atoms with Crippen molar-refractivity contribution in [1.82, 2.24) is 4.98 Å². The third-order valence-electron chi connectivity index (χ3n) is 2.56. The van der Waals surface area contributed by atoms with Crippen molar-refractivity contribution in [2.75, 3.05) is 5.32 Å². The van der Waals surface area contributed by atoms with E-state index in [-0.39, 0.29) is 12.1 Å². The smallest absolute Gasteiger partial charge is 0.393 e. The molecule has 16 heavy (non-hydrogen) atoms. The van der Waals surface area contributed by atoms with Crippen molar-refractivity contribution >= 4 is 5.82 Å². The summed E-state index contributed by atoms with van der Waals surface area (Å²) in [5.74, 6) is 0.407. The zero-order valence-electron chi connectivity index (χ0n) is 8.33. The summed E-state index contributed by atoms with van der Waals surface area (Å²) >= 11 is 0. The van der Waals surface area contributed by atoms with Crippen LogP contribution in [-0.2, 0) is 6.18 Å². The van der Waals surface area contributed by atoms with Crippen LogP contribution in [0.2, 0.25) is 0 Å². The van der Waals surface area contributed by atoms with E-state index in [1.807, 2.05) is 0 Å². The first-order valence-corrected chi connectivity index (χ1v) is 4.93. The highest BCUT2D eigenvalue weighted by Gasteiger charge is 2.31. The van der Waals surface area contributed by atoms with Gasteiger partial charge in [0.25, 0.3) is 0 Å². The summed E-state index contributed by atoms with van der Waals surface area (Å²) in [4.78, 5) is 3.68. The molecule has 1 aromatic heterocycles. The number of alkyl halides is 3. The molecule has 2 rings (SSSR count). The summed E-state index contributed by atoms with van der Waals surface area (Å²) in [5.41, 5.74) is -0.758. The number of anilines is 1. The Labute approximate surface area is 90.3 Å². The minimum absolute atomic E-state index is 0.110. The van der Waals surface area contributed by atoms with Crippen LogP contribution in [0, 0.1) is 0 Å². The maximum absolute atomic E-state index is 12.2. The Morgan fingerprint density at radius 3 is 2.44 bits per heavy atom. The highest BCUT2D eigenvalue weighted by Crippen LogP contribution is 2.29.